The largest absolute Gasteiger partial charge is 0.452 e. The fraction of sp³-hybridized carbons (Fsp3) is 0.182. The number of carbonyl (C=O) groups is 2. The molecule has 0 N–H and O–H groups in total. The molecule has 0 saturated carbocycles. The van der Waals surface area contributed by atoms with Gasteiger partial charge in [0, 0.05) is 33.3 Å². The molecule has 0 spiro atoms. The van der Waals surface area contributed by atoms with Gasteiger partial charge >= 0.3 is 5.97 Å². The molecule has 2 heterocycles. The number of carbonyl (C=O) groups excluding carboxylic acids is 2. The number of para-hydroxylation sites is 1. The molecule has 1 aliphatic rings. The summed E-state index contributed by atoms with van der Waals surface area (Å²) in [5.41, 5.74) is 2.05. The molecule has 0 bridgehead atoms. The van der Waals surface area contributed by atoms with Gasteiger partial charge in [-0.1, -0.05) is 48.0 Å². The first-order valence-corrected chi connectivity index (χ1v) is 10.2. The fourth-order valence-corrected chi connectivity index (χ4v) is 4.73. The zero-order valence-electron chi connectivity index (χ0n) is 15.1. The molecular weight excluding hydrogens is 394 g/mol. The van der Waals surface area contributed by atoms with E-state index in [9.17, 15) is 9.59 Å². The average Bonchev–Trinajstić information content (AvgIpc) is 3.06. The van der Waals surface area contributed by atoms with Gasteiger partial charge < -0.3 is 9.64 Å². The van der Waals surface area contributed by atoms with Crippen LogP contribution in [0.4, 0.5) is 5.69 Å². The zero-order valence-corrected chi connectivity index (χ0v) is 16.6. The van der Waals surface area contributed by atoms with Gasteiger partial charge in [0.2, 0.25) is 0 Å². The van der Waals surface area contributed by atoms with E-state index in [1.807, 2.05) is 48.5 Å². The number of benzene rings is 2. The lowest BCUT2D eigenvalue weighted by Gasteiger charge is -2.29. The van der Waals surface area contributed by atoms with Crippen LogP contribution in [-0.2, 0) is 20.7 Å². The Hall–Kier alpha value is -2.63. The van der Waals surface area contributed by atoms with Crippen molar-refractivity contribution in [2.75, 3.05) is 18.1 Å². The van der Waals surface area contributed by atoms with E-state index >= 15 is 0 Å². The van der Waals surface area contributed by atoms with Crippen molar-refractivity contribution < 1.29 is 14.3 Å². The molecule has 4 nitrogen and oxygen atoms in total. The predicted octanol–water partition coefficient (Wildman–Crippen LogP) is 5.09. The second kappa shape index (κ2) is 8.17. The second-order valence-corrected chi connectivity index (χ2v) is 7.96. The van der Waals surface area contributed by atoms with E-state index in [1.165, 1.54) is 17.4 Å². The van der Waals surface area contributed by atoms with Crippen molar-refractivity contribution >= 4 is 56.7 Å². The summed E-state index contributed by atoms with van der Waals surface area (Å²) in [7, 11) is 0. The lowest BCUT2D eigenvalue weighted by molar-refractivity contribution is -0.142. The highest BCUT2D eigenvalue weighted by Crippen LogP contribution is 2.35. The van der Waals surface area contributed by atoms with Gasteiger partial charge in [0.15, 0.2) is 6.61 Å². The monoisotopic (exact) mass is 411 g/mol. The molecule has 0 aliphatic carbocycles. The molecule has 142 valence electrons. The maximum atomic E-state index is 12.5. The standard InChI is InChI=1S/C22H18ClNO3S/c23-22-16-8-2-4-10-18(16)28-19(22)11-12-21(26)27-14-20(25)24-13-5-7-15-6-1-3-9-17(15)24/h1-4,6,8-12H,5,7,13-14H2/b12-11+. The van der Waals surface area contributed by atoms with Crippen molar-refractivity contribution in [2.24, 2.45) is 0 Å². The number of anilines is 1. The number of halogens is 1. The van der Waals surface area contributed by atoms with Crippen LogP contribution >= 0.6 is 22.9 Å². The number of hydrogen-bond acceptors (Lipinski definition) is 4. The summed E-state index contributed by atoms with van der Waals surface area (Å²) in [5, 5.41) is 1.58. The number of aryl methyl sites for hydroxylation is 1. The summed E-state index contributed by atoms with van der Waals surface area (Å²) < 4.78 is 6.21. The van der Waals surface area contributed by atoms with Crippen LogP contribution in [0.5, 0.6) is 0 Å². The average molecular weight is 412 g/mol. The smallest absolute Gasteiger partial charge is 0.331 e. The first-order chi connectivity index (χ1) is 13.6. The van der Waals surface area contributed by atoms with E-state index in [1.54, 1.807) is 11.0 Å². The number of nitrogens with zero attached hydrogens (tertiary/aromatic N) is 1. The molecular formula is C22H18ClNO3S. The Morgan fingerprint density at radius 1 is 1.14 bits per heavy atom. The minimum absolute atomic E-state index is 0.214. The molecule has 1 amide bonds. The van der Waals surface area contributed by atoms with E-state index in [0.717, 1.165) is 39.1 Å². The molecule has 6 heteroatoms. The van der Waals surface area contributed by atoms with E-state index in [4.69, 9.17) is 16.3 Å². The van der Waals surface area contributed by atoms with E-state index in [-0.39, 0.29) is 12.5 Å². The van der Waals surface area contributed by atoms with Crippen LogP contribution in [-0.4, -0.2) is 25.0 Å². The number of rotatable bonds is 4. The Labute approximate surface area is 172 Å². The van der Waals surface area contributed by atoms with Crippen LogP contribution in [0, 0.1) is 0 Å². The van der Waals surface area contributed by atoms with Gasteiger partial charge in [-0.05, 0) is 36.6 Å². The summed E-state index contributed by atoms with van der Waals surface area (Å²) in [4.78, 5) is 27.1. The third kappa shape index (κ3) is 3.81. The van der Waals surface area contributed by atoms with Crippen LogP contribution < -0.4 is 4.90 Å². The number of amides is 1. The number of fused-ring (bicyclic) bond motifs is 2. The van der Waals surface area contributed by atoms with Crippen LogP contribution in [0.25, 0.3) is 16.2 Å². The van der Waals surface area contributed by atoms with Crippen molar-refractivity contribution in [1.29, 1.82) is 0 Å². The Morgan fingerprint density at radius 3 is 2.79 bits per heavy atom. The number of ether oxygens (including phenoxy) is 1. The topological polar surface area (TPSA) is 46.6 Å². The molecule has 1 aliphatic heterocycles. The molecule has 0 radical (unpaired) electrons. The first-order valence-electron chi connectivity index (χ1n) is 9.03. The van der Waals surface area contributed by atoms with Crippen molar-refractivity contribution in [3.05, 3.63) is 70.1 Å². The highest BCUT2D eigenvalue weighted by Gasteiger charge is 2.22. The van der Waals surface area contributed by atoms with Gasteiger partial charge in [-0.25, -0.2) is 4.79 Å². The zero-order chi connectivity index (χ0) is 19.5. The van der Waals surface area contributed by atoms with Gasteiger partial charge in [-0.15, -0.1) is 11.3 Å². The van der Waals surface area contributed by atoms with Gasteiger partial charge in [0.1, 0.15) is 0 Å². The van der Waals surface area contributed by atoms with Crippen molar-refractivity contribution in [2.45, 2.75) is 12.8 Å². The number of hydrogen-bond donors (Lipinski definition) is 0. The molecule has 0 fully saturated rings. The Bertz CT molecular complexity index is 1070. The van der Waals surface area contributed by atoms with Crippen LogP contribution in [0.2, 0.25) is 5.02 Å². The fourth-order valence-electron chi connectivity index (χ4n) is 3.34. The first kappa shape index (κ1) is 18.7. The van der Waals surface area contributed by atoms with Crippen LogP contribution in [0.1, 0.15) is 16.9 Å². The van der Waals surface area contributed by atoms with Crippen LogP contribution in [0.15, 0.2) is 54.6 Å². The third-order valence-corrected chi connectivity index (χ3v) is 6.34. The summed E-state index contributed by atoms with van der Waals surface area (Å²) in [6.07, 6.45) is 4.81. The summed E-state index contributed by atoms with van der Waals surface area (Å²) >= 11 is 7.87. The summed E-state index contributed by atoms with van der Waals surface area (Å²) in [6.45, 7) is 0.359. The SMILES string of the molecule is O=C(/C=C/c1sc2ccccc2c1Cl)OCC(=O)N1CCCc2ccccc21. The quantitative estimate of drug-likeness (QED) is 0.443. The molecule has 0 unspecified atom stereocenters. The highest BCUT2D eigenvalue weighted by atomic mass is 35.5. The van der Waals surface area contributed by atoms with E-state index < -0.39 is 5.97 Å². The van der Waals surface area contributed by atoms with Crippen molar-refractivity contribution in [3.8, 4) is 0 Å². The minimum atomic E-state index is -0.563. The Morgan fingerprint density at radius 2 is 1.93 bits per heavy atom. The van der Waals surface area contributed by atoms with E-state index in [2.05, 4.69) is 0 Å². The molecule has 0 saturated heterocycles. The second-order valence-electron chi connectivity index (χ2n) is 6.50. The van der Waals surface area contributed by atoms with Crippen molar-refractivity contribution in [3.63, 3.8) is 0 Å². The molecule has 1 aromatic heterocycles. The maximum Gasteiger partial charge on any atom is 0.331 e. The molecule has 4 rings (SSSR count). The van der Waals surface area contributed by atoms with Gasteiger partial charge in [0.05, 0.1) is 5.02 Å². The molecule has 2 aromatic carbocycles. The Balaban J connectivity index is 1.39. The minimum Gasteiger partial charge on any atom is -0.452 e. The lowest BCUT2D eigenvalue weighted by Crippen LogP contribution is -2.38. The Kier molecular flexibility index (Phi) is 5.46. The molecule has 3 aromatic rings. The van der Waals surface area contributed by atoms with Gasteiger partial charge in [-0.3, -0.25) is 4.79 Å². The van der Waals surface area contributed by atoms with Gasteiger partial charge in [0.25, 0.3) is 5.91 Å². The van der Waals surface area contributed by atoms with Gasteiger partial charge in [-0.2, -0.15) is 0 Å². The maximum absolute atomic E-state index is 12.5. The summed E-state index contributed by atoms with van der Waals surface area (Å²) in [6, 6.07) is 15.6. The molecule has 0 atom stereocenters. The molecule has 28 heavy (non-hydrogen) atoms. The van der Waals surface area contributed by atoms with Crippen LogP contribution in [0.3, 0.4) is 0 Å². The summed E-state index contributed by atoms with van der Waals surface area (Å²) in [5.74, 6) is -0.777. The third-order valence-electron chi connectivity index (χ3n) is 4.68. The number of thiophene rings is 1. The van der Waals surface area contributed by atoms with E-state index in [0.29, 0.717) is 11.6 Å². The predicted molar refractivity (Wildman–Crippen MR) is 114 cm³/mol. The van der Waals surface area contributed by atoms with Crippen molar-refractivity contribution in [1.82, 2.24) is 0 Å². The highest BCUT2D eigenvalue weighted by molar-refractivity contribution is 7.20. The number of esters is 1. The lowest BCUT2D eigenvalue weighted by atomic mass is 10.0. The normalized spacial score (nSPS) is 13.7.